The highest BCUT2D eigenvalue weighted by atomic mass is 35.7. The average molecular weight is 303 g/mol. The molecule has 0 atom stereocenters. The van der Waals surface area contributed by atoms with Crippen molar-refractivity contribution in [3.63, 3.8) is 0 Å². The van der Waals surface area contributed by atoms with Crippen LogP contribution >= 0.6 is 10.7 Å². The third-order valence-corrected chi connectivity index (χ3v) is 3.46. The second-order valence-corrected chi connectivity index (χ2v) is 5.96. The van der Waals surface area contributed by atoms with Crippen LogP contribution < -0.4 is 4.74 Å². The second-order valence-electron chi connectivity index (χ2n) is 3.43. The Hall–Kier alpha value is -1.71. The zero-order valence-corrected chi connectivity index (χ0v) is 11.6. The summed E-state index contributed by atoms with van der Waals surface area (Å²) < 4.78 is 28.0. The molecular formula is C12H11ClO5S. The summed E-state index contributed by atoms with van der Waals surface area (Å²) in [7, 11) is 1.17. The maximum Gasteiger partial charge on any atom is 0.335 e. The molecule has 0 aromatic heterocycles. The lowest BCUT2D eigenvalue weighted by Gasteiger charge is -2.09. The van der Waals surface area contributed by atoms with Gasteiger partial charge in [0.2, 0.25) is 0 Å². The number of rotatable bonds is 5. The smallest absolute Gasteiger partial charge is 0.335 e. The number of benzene rings is 1. The highest BCUT2D eigenvalue weighted by molar-refractivity contribution is 8.13. The molecule has 102 valence electrons. The predicted molar refractivity (Wildman–Crippen MR) is 70.0 cm³/mol. The number of ether oxygens (including phenoxy) is 1. The summed E-state index contributed by atoms with van der Waals surface area (Å²) in [6.07, 6.45) is 0.430. The van der Waals surface area contributed by atoms with Crippen LogP contribution in [0.5, 0.6) is 5.75 Å². The molecular weight excluding hydrogens is 292 g/mol. The van der Waals surface area contributed by atoms with Crippen LogP contribution in [-0.4, -0.2) is 26.1 Å². The van der Waals surface area contributed by atoms with Gasteiger partial charge in [-0.25, -0.2) is 13.2 Å². The number of halogens is 1. The molecule has 19 heavy (non-hydrogen) atoms. The molecule has 0 amide bonds. The van der Waals surface area contributed by atoms with Crippen LogP contribution in [-0.2, 0) is 9.05 Å². The molecule has 0 radical (unpaired) electrons. The van der Waals surface area contributed by atoms with Crippen molar-refractivity contribution in [1.82, 2.24) is 0 Å². The third kappa shape index (κ3) is 4.47. The Balaban J connectivity index is 3.09. The van der Waals surface area contributed by atoms with E-state index in [-0.39, 0.29) is 22.8 Å². The quantitative estimate of drug-likeness (QED) is 0.512. The number of hydrogen-bond acceptors (Lipinski definition) is 4. The zero-order valence-electron chi connectivity index (χ0n) is 10.0. The lowest BCUT2D eigenvalue weighted by Crippen LogP contribution is -2.04. The van der Waals surface area contributed by atoms with E-state index >= 15 is 0 Å². The molecule has 0 aliphatic carbocycles. The first kappa shape index (κ1) is 15.3. The van der Waals surface area contributed by atoms with Gasteiger partial charge in [-0.1, -0.05) is 0 Å². The van der Waals surface area contributed by atoms with Crippen LogP contribution in [0, 0.1) is 11.8 Å². The van der Waals surface area contributed by atoms with E-state index in [0.717, 1.165) is 6.07 Å². The van der Waals surface area contributed by atoms with Gasteiger partial charge in [0.1, 0.15) is 10.6 Å². The Morgan fingerprint density at radius 3 is 2.68 bits per heavy atom. The van der Waals surface area contributed by atoms with Crippen LogP contribution in [0.25, 0.3) is 0 Å². The molecule has 1 aromatic rings. The van der Waals surface area contributed by atoms with Gasteiger partial charge in [0, 0.05) is 17.1 Å². The maximum absolute atomic E-state index is 11.4. The van der Waals surface area contributed by atoms with E-state index < -0.39 is 15.0 Å². The van der Waals surface area contributed by atoms with Crippen LogP contribution in [0.3, 0.4) is 0 Å². The monoisotopic (exact) mass is 302 g/mol. The van der Waals surface area contributed by atoms with E-state index in [9.17, 15) is 13.2 Å². The molecule has 0 fully saturated rings. The average Bonchev–Trinajstić information content (AvgIpc) is 2.33. The molecule has 1 aromatic carbocycles. The number of aromatic carboxylic acids is 1. The molecule has 0 unspecified atom stereocenters. The first-order chi connectivity index (χ1) is 8.86. The fourth-order valence-electron chi connectivity index (χ4n) is 1.29. The van der Waals surface area contributed by atoms with Crippen LogP contribution in [0.4, 0.5) is 0 Å². The lowest BCUT2D eigenvalue weighted by molar-refractivity contribution is 0.0696. The van der Waals surface area contributed by atoms with Crippen molar-refractivity contribution >= 4 is 25.7 Å². The van der Waals surface area contributed by atoms with Gasteiger partial charge in [-0.15, -0.1) is 11.8 Å². The topological polar surface area (TPSA) is 80.7 Å². The Kier molecular flexibility index (Phi) is 5.21. The third-order valence-electron chi connectivity index (χ3n) is 2.11. The SMILES string of the molecule is CC#CCCOc1ccc(C(=O)O)cc1S(=O)(=O)Cl. The van der Waals surface area contributed by atoms with E-state index in [2.05, 4.69) is 11.8 Å². The normalized spacial score (nSPS) is 10.4. The molecule has 0 heterocycles. The second kappa shape index (κ2) is 6.45. The minimum Gasteiger partial charge on any atom is -0.491 e. The minimum atomic E-state index is -4.08. The molecule has 0 aliphatic rings. The van der Waals surface area contributed by atoms with Gasteiger partial charge in [-0.2, -0.15) is 0 Å². The lowest BCUT2D eigenvalue weighted by atomic mass is 10.2. The molecule has 5 nitrogen and oxygen atoms in total. The molecule has 0 spiro atoms. The van der Waals surface area contributed by atoms with Crippen molar-refractivity contribution in [2.45, 2.75) is 18.2 Å². The summed E-state index contributed by atoms with van der Waals surface area (Å²) in [5.41, 5.74) is -0.181. The highest BCUT2D eigenvalue weighted by Crippen LogP contribution is 2.28. The van der Waals surface area contributed by atoms with Gasteiger partial charge in [0.25, 0.3) is 9.05 Å². The molecule has 7 heteroatoms. The van der Waals surface area contributed by atoms with Gasteiger partial charge in [0.05, 0.1) is 12.2 Å². The van der Waals surface area contributed by atoms with Crippen LogP contribution in [0.15, 0.2) is 23.1 Å². The van der Waals surface area contributed by atoms with Crippen LogP contribution in [0.1, 0.15) is 23.7 Å². The van der Waals surface area contributed by atoms with E-state index in [4.69, 9.17) is 20.5 Å². The predicted octanol–water partition coefficient (Wildman–Crippen LogP) is 2.10. The Morgan fingerprint density at radius 2 is 2.16 bits per heavy atom. The Morgan fingerprint density at radius 1 is 1.47 bits per heavy atom. The first-order valence-electron chi connectivity index (χ1n) is 5.20. The summed E-state index contributed by atoms with van der Waals surface area (Å²) in [4.78, 5) is 10.4. The van der Waals surface area contributed by atoms with Gasteiger partial charge < -0.3 is 9.84 Å². The number of hydrogen-bond donors (Lipinski definition) is 1. The summed E-state index contributed by atoms with van der Waals surface area (Å²) in [5.74, 6) is 4.19. The van der Waals surface area contributed by atoms with Gasteiger partial charge >= 0.3 is 5.97 Å². The zero-order chi connectivity index (χ0) is 14.5. The molecule has 0 saturated heterocycles. The van der Waals surface area contributed by atoms with Gasteiger partial charge in [0.15, 0.2) is 0 Å². The van der Waals surface area contributed by atoms with E-state index in [0.29, 0.717) is 6.42 Å². The van der Waals surface area contributed by atoms with Gasteiger partial charge in [-0.3, -0.25) is 0 Å². The van der Waals surface area contributed by atoms with Crippen molar-refractivity contribution < 1.29 is 23.1 Å². The summed E-state index contributed by atoms with van der Waals surface area (Å²) in [6, 6.07) is 3.47. The van der Waals surface area contributed by atoms with Gasteiger partial charge in [-0.05, 0) is 25.1 Å². The summed E-state index contributed by atoms with van der Waals surface area (Å²) >= 11 is 0. The van der Waals surface area contributed by atoms with Crippen molar-refractivity contribution in [2.24, 2.45) is 0 Å². The summed E-state index contributed by atoms with van der Waals surface area (Å²) in [5, 5.41) is 8.81. The molecule has 0 saturated carbocycles. The molecule has 1 N–H and O–H groups in total. The number of carboxylic acids is 1. The van der Waals surface area contributed by atoms with E-state index in [1.165, 1.54) is 12.1 Å². The van der Waals surface area contributed by atoms with E-state index in [1.807, 2.05) is 0 Å². The molecule has 0 aliphatic heterocycles. The summed E-state index contributed by atoms with van der Waals surface area (Å²) in [6.45, 7) is 1.86. The van der Waals surface area contributed by atoms with E-state index in [1.54, 1.807) is 6.92 Å². The minimum absolute atomic E-state index is 0.0119. The van der Waals surface area contributed by atoms with Crippen molar-refractivity contribution in [1.29, 1.82) is 0 Å². The maximum atomic E-state index is 11.4. The standard InChI is InChI=1S/C12H11ClO5S/c1-2-3-4-7-18-10-6-5-9(12(14)15)8-11(10)19(13,16)17/h5-6,8H,4,7H2,1H3,(H,14,15). The Labute approximate surface area is 115 Å². The fourth-order valence-corrected chi connectivity index (χ4v) is 2.28. The highest BCUT2D eigenvalue weighted by Gasteiger charge is 2.19. The van der Waals surface area contributed by atoms with Crippen LogP contribution in [0.2, 0.25) is 0 Å². The van der Waals surface area contributed by atoms with Crippen molar-refractivity contribution in [3.05, 3.63) is 23.8 Å². The molecule has 0 bridgehead atoms. The molecule has 1 rings (SSSR count). The first-order valence-corrected chi connectivity index (χ1v) is 7.51. The van der Waals surface area contributed by atoms with Crippen molar-refractivity contribution in [3.8, 4) is 17.6 Å². The largest absolute Gasteiger partial charge is 0.491 e. The van der Waals surface area contributed by atoms with Crippen molar-refractivity contribution in [2.75, 3.05) is 6.61 Å². The number of carbonyl (C=O) groups is 1. The fraction of sp³-hybridized carbons (Fsp3) is 0.250. The number of carboxylic acid groups (broad SMARTS) is 1. The Bertz CT molecular complexity index is 640.